The molecule has 0 aliphatic carbocycles. The molecule has 0 aliphatic rings. The van der Waals surface area contributed by atoms with Crippen LogP contribution in [0, 0.1) is 11.6 Å². The van der Waals surface area contributed by atoms with Gasteiger partial charge in [0.25, 0.3) is 0 Å². The highest BCUT2D eigenvalue weighted by Crippen LogP contribution is 2.23. The van der Waals surface area contributed by atoms with E-state index in [0.29, 0.717) is 16.1 Å². The van der Waals surface area contributed by atoms with Crippen LogP contribution >= 0.6 is 23.2 Å². The fraction of sp³-hybridized carbons (Fsp3) is 0.200. The van der Waals surface area contributed by atoms with Gasteiger partial charge in [-0.2, -0.15) is 0 Å². The minimum absolute atomic E-state index is 0.0483. The van der Waals surface area contributed by atoms with Crippen molar-refractivity contribution in [3.05, 3.63) is 69.2 Å². The van der Waals surface area contributed by atoms with E-state index in [9.17, 15) is 8.78 Å². The van der Waals surface area contributed by atoms with Gasteiger partial charge in [0.1, 0.15) is 11.6 Å². The van der Waals surface area contributed by atoms with Crippen LogP contribution in [0.15, 0.2) is 36.4 Å². The third-order valence-electron chi connectivity index (χ3n) is 3.25. The minimum atomic E-state index is -0.487. The van der Waals surface area contributed by atoms with Gasteiger partial charge in [-0.3, -0.25) is 11.3 Å². The summed E-state index contributed by atoms with van der Waals surface area (Å²) < 4.78 is 27.7. The maximum atomic E-state index is 13.9. The Morgan fingerprint density at radius 3 is 2.33 bits per heavy atom. The molecule has 2 nitrogen and oxygen atoms in total. The Morgan fingerprint density at radius 1 is 1.00 bits per heavy atom. The van der Waals surface area contributed by atoms with Crippen LogP contribution in [0.5, 0.6) is 0 Å². The molecule has 2 aromatic carbocycles. The lowest BCUT2D eigenvalue weighted by Crippen LogP contribution is -2.39. The number of benzene rings is 2. The van der Waals surface area contributed by atoms with E-state index in [-0.39, 0.29) is 23.9 Å². The zero-order valence-corrected chi connectivity index (χ0v) is 12.6. The second-order valence-corrected chi connectivity index (χ2v) is 5.50. The number of hydrogen-bond acceptors (Lipinski definition) is 2. The predicted molar refractivity (Wildman–Crippen MR) is 81.3 cm³/mol. The summed E-state index contributed by atoms with van der Waals surface area (Å²) in [5.41, 5.74) is 3.33. The van der Waals surface area contributed by atoms with Gasteiger partial charge in [-0.05, 0) is 36.6 Å². The molecule has 3 N–H and O–H groups in total. The molecule has 1 atom stereocenters. The molecule has 0 spiro atoms. The lowest BCUT2D eigenvalue weighted by molar-refractivity contribution is 0.494. The van der Waals surface area contributed by atoms with Gasteiger partial charge in [-0.15, -0.1) is 0 Å². The highest BCUT2D eigenvalue weighted by atomic mass is 35.5. The lowest BCUT2D eigenvalue weighted by atomic mass is 9.98. The predicted octanol–water partition coefficient (Wildman–Crippen LogP) is 3.89. The van der Waals surface area contributed by atoms with E-state index in [1.54, 1.807) is 18.2 Å². The van der Waals surface area contributed by atoms with Crippen molar-refractivity contribution in [2.45, 2.75) is 18.9 Å². The Morgan fingerprint density at radius 2 is 1.67 bits per heavy atom. The number of halogens is 4. The molecular weight excluding hydrogens is 317 g/mol. The number of hydrogen-bond donors (Lipinski definition) is 2. The van der Waals surface area contributed by atoms with Gasteiger partial charge in [0.15, 0.2) is 0 Å². The Balaban J connectivity index is 2.19. The Kier molecular flexibility index (Phi) is 5.53. The third kappa shape index (κ3) is 3.92. The molecule has 2 aromatic rings. The third-order valence-corrected chi connectivity index (χ3v) is 3.89. The van der Waals surface area contributed by atoms with Crippen molar-refractivity contribution in [3.63, 3.8) is 0 Å². The van der Waals surface area contributed by atoms with Crippen LogP contribution < -0.4 is 11.3 Å². The van der Waals surface area contributed by atoms with Gasteiger partial charge < -0.3 is 0 Å². The fourth-order valence-corrected chi connectivity index (χ4v) is 2.57. The lowest BCUT2D eigenvalue weighted by Gasteiger charge is -2.18. The smallest absolute Gasteiger partial charge is 0.145 e. The molecule has 112 valence electrons. The second kappa shape index (κ2) is 7.18. The molecule has 1 unspecified atom stereocenters. The second-order valence-electron chi connectivity index (χ2n) is 4.68. The molecule has 0 aromatic heterocycles. The first-order valence-electron chi connectivity index (χ1n) is 6.34. The first-order valence-corrected chi connectivity index (χ1v) is 7.10. The van der Waals surface area contributed by atoms with E-state index in [2.05, 4.69) is 5.43 Å². The summed E-state index contributed by atoms with van der Waals surface area (Å²) in [6.07, 6.45) is 0.515. The summed E-state index contributed by atoms with van der Waals surface area (Å²) in [5, 5.41) is 0.369. The van der Waals surface area contributed by atoms with Crippen LogP contribution in [0.1, 0.15) is 11.1 Å². The number of hydrazine groups is 1. The fourth-order valence-electron chi connectivity index (χ4n) is 2.14. The highest BCUT2D eigenvalue weighted by molar-refractivity contribution is 6.31. The van der Waals surface area contributed by atoms with Crippen LogP contribution in [0.3, 0.4) is 0 Å². The van der Waals surface area contributed by atoms with Gasteiger partial charge >= 0.3 is 0 Å². The highest BCUT2D eigenvalue weighted by Gasteiger charge is 2.17. The van der Waals surface area contributed by atoms with E-state index < -0.39 is 11.6 Å². The quantitative estimate of drug-likeness (QED) is 0.644. The molecule has 0 aliphatic heterocycles. The molecule has 21 heavy (non-hydrogen) atoms. The molecule has 0 saturated carbocycles. The van der Waals surface area contributed by atoms with Crippen molar-refractivity contribution < 1.29 is 8.78 Å². The van der Waals surface area contributed by atoms with Gasteiger partial charge in [-0.25, -0.2) is 8.78 Å². The van der Waals surface area contributed by atoms with Crippen molar-refractivity contribution in [1.82, 2.24) is 5.43 Å². The molecule has 0 amide bonds. The SMILES string of the molecule is NNC(Cc1cccc(Cl)c1F)Cc1c(F)cccc1Cl. The standard InChI is InChI=1S/C15H14Cl2F2N2/c16-12-4-2-6-14(18)11(12)8-10(21-20)7-9-3-1-5-13(17)15(9)19/h1-6,10,21H,7-8,20H2. The van der Waals surface area contributed by atoms with Crippen molar-refractivity contribution >= 4 is 23.2 Å². The van der Waals surface area contributed by atoms with E-state index >= 15 is 0 Å². The summed E-state index contributed by atoms with van der Waals surface area (Å²) in [6.45, 7) is 0. The largest absolute Gasteiger partial charge is 0.271 e. The summed E-state index contributed by atoms with van der Waals surface area (Å²) in [7, 11) is 0. The monoisotopic (exact) mass is 330 g/mol. The van der Waals surface area contributed by atoms with Crippen LogP contribution in [0.25, 0.3) is 0 Å². The van der Waals surface area contributed by atoms with Gasteiger partial charge in [0, 0.05) is 16.6 Å². The van der Waals surface area contributed by atoms with Crippen LogP contribution in [-0.4, -0.2) is 6.04 Å². The molecular formula is C15H14Cl2F2N2. The number of nitrogens with two attached hydrogens (primary N) is 1. The maximum Gasteiger partial charge on any atom is 0.145 e. The Hall–Kier alpha value is -1.20. The molecule has 0 heterocycles. The molecule has 0 saturated heterocycles. The van der Waals surface area contributed by atoms with Crippen LogP contribution in [-0.2, 0) is 12.8 Å². The van der Waals surface area contributed by atoms with Crippen LogP contribution in [0.4, 0.5) is 8.78 Å². The molecule has 0 bridgehead atoms. The van der Waals surface area contributed by atoms with Gasteiger partial charge in [0.05, 0.1) is 5.02 Å². The number of rotatable bonds is 5. The first kappa shape index (κ1) is 16.2. The Bertz CT molecular complexity index is 615. The van der Waals surface area contributed by atoms with E-state index in [0.717, 1.165) is 0 Å². The summed E-state index contributed by atoms with van der Waals surface area (Å²) in [5.74, 6) is 4.59. The average molecular weight is 331 g/mol. The van der Waals surface area contributed by atoms with Crippen LogP contribution in [0.2, 0.25) is 10.0 Å². The molecule has 6 heteroatoms. The van der Waals surface area contributed by atoms with E-state index in [4.69, 9.17) is 29.0 Å². The van der Waals surface area contributed by atoms with E-state index in [1.165, 1.54) is 18.2 Å². The van der Waals surface area contributed by atoms with Gasteiger partial charge in [-0.1, -0.05) is 41.4 Å². The Labute approximate surface area is 131 Å². The minimum Gasteiger partial charge on any atom is -0.271 e. The van der Waals surface area contributed by atoms with E-state index in [1.807, 2.05) is 0 Å². The first-order chi connectivity index (χ1) is 10.0. The van der Waals surface area contributed by atoms with Crippen molar-refractivity contribution in [1.29, 1.82) is 0 Å². The molecule has 0 fully saturated rings. The zero-order chi connectivity index (χ0) is 15.4. The summed E-state index contributed by atoms with van der Waals surface area (Å²) in [6, 6.07) is 8.84. The summed E-state index contributed by atoms with van der Waals surface area (Å²) in [4.78, 5) is 0. The normalized spacial score (nSPS) is 12.4. The maximum absolute atomic E-state index is 13.9. The molecule has 2 rings (SSSR count). The van der Waals surface area contributed by atoms with Crippen molar-refractivity contribution in [2.75, 3.05) is 0 Å². The molecule has 0 radical (unpaired) electrons. The number of nitrogens with one attached hydrogen (secondary N) is 1. The van der Waals surface area contributed by atoms with Gasteiger partial charge in [0.2, 0.25) is 0 Å². The topological polar surface area (TPSA) is 38.0 Å². The zero-order valence-electron chi connectivity index (χ0n) is 11.0. The summed E-state index contributed by atoms with van der Waals surface area (Å²) >= 11 is 11.7. The van der Waals surface area contributed by atoms with Crippen molar-refractivity contribution in [3.8, 4) is 0 Å². The van der Waals surface area contributed by atoms with Crippen molar-refractivity contribution in [2.24, 2.45) is 5.84 Å². The average Bonchev–Trinajstić information content (AvgIpc) is 2.46.